The number of carbonyl (C=O) groups excluding carboxylic acids is 3. The molecule has 0 saturated heterocycles. The Morgan fingerprint density at radius 1 is 0.968 bits per heavy atom. The van der Waals surface area contributed by atoms with Crippen molar-refractivity contribution in [2.45, 2.75) is 127 Å². The maximum absolute atomic E-state index is 14.5. The zero-order valence-electron chi connectivity index (χ0n) is 36.3. The first-order valence-corrected chi connectivity index (χ1v) is 22.4. The largest absolute Gasteiger partial charge is 0.493 e. The smallest absolute Gasteiger partial charge is 0.471 e. The Kier molecular flexibility index (Phi) is 14.1. The number of hydrogen-bond donors (Lipinski definition) is 0. The number of halogens is 4. The molecule has 63 heavy (non-hydrogen) atoms. The SMILES string of the molecule is COC(=O)C1(N(C(=O)C(F)(F)F)c2cccc(Cl)c2)CCC2(CC1)c1cc(OC(C)CCC(=O)OCc3ccccc3)ccc1C[C@@H]2C[C@@H](C)COc1ccnc2c1[C@H](C)CCC2. The molecule has 3 aromatic carbocycles. The molecular formula is C50H56ClF3N2O7. The number of hydrogen-bond acceptors (Lipinski definition) is 8. The van der Waals surface area contributed by atoms with Crippen LogP contribution in [0.15, 0.2) is 85.1 Å². The number of ether oxygens (including phenoxy) is 4. The number of amides is 1. The molecule has 1 aromatic heterocycles. The van der Waals surface area contributed by atoms with Gasteiger partial charge in [-0.05, 0) is 147 Å². The van der Waals surface area contributed by atoms with Crippen molar-refractivity contribution in [1.82, 2.24) is 4.98 Å². The van der Waals surface area contributed by atoms with Gasteiger partial charge in [-0.2, -0.15) is 13.2 Å². The van der Waals surface area contributed by atoms with Crippen LogP contribution in [0.4, 0.5) is 18.9 Å². The predicted octanol–water partition coefficient (Wildman–Crippen LogP) is 11.1. The van der Waals surface area contributed by atoms with E-state index in [0.717, 1.165) is 60.9 Å². The summed E-state index contributed by atoms with van der Waals surface area (Å²) in [5.74, 6) is -1.49. The van der Waals surface area contributed by atoms with Crippen LogP contribution < -0.4 is 14.4 Å². The Labute approximate surface area is 372 Å². The van der Waals surface area contributed by atoms with Gasteiger partial charge in [0.2, 0.25) is 0 Å². The summed E-state index contributed by atoms with van der Waals surface area (Å²) < 4.78 is 67.2. The van der Waals surface area contributed by atoms with Gasteiger partial charge >= 0.3 is 24.0 Å². The minimum Gasteiger partial charge on any atom is -0.493 e. The number of carbonyl (C=O) groups is 3. The molecular weight excluding hydrogens is 833 g/mol. The van der Waals surface area contributed by atoms with E-state index in [2.05, 4.69) is 18.8 Å². The Morgan fingerprint density at radius 2 is 1.73 bits per heavy atom. The van der Waals surface area contributed by atoms with Crippen LogP contribution in [0.2, 0.25) is 5.02 Å². The molecule has 0 N–H and O–H groups in total. The Morgan fingerprint density at radius 3 is 2.44 bits per heavy atom. The molecule has 1 spiro atoms. The van der Waals surface area contributed by atoms with Crippen LogP contribution in [-0.4, -0.2) is 54.4 Å². The van der Waals surface area contributed by atoms with E-state index in [1.807, 2.05) is 67.7 Å². The number of rotatable bonds is 15. The van der Waals surface area contributed by atoms with Crippen LogP contribution in [0.1, 0.15) is 112 Å². The van der Waals surface area contributed by atoms with Gasteiger partial charge in [-0.15, -0.1) is 0 Å². The number of alkyl halides is 3. The second kappa shape index (κ2) is 19.3. The molecule has 1 fully saturated rings. The summed E-state index contributed by atoms with van der Waals surface area (Å²) >= 11 is 6.27. The van der Waals surface area contributed by atoms with Gasteiger partial charge in [-0.1, -0.05) is 67.9 Å². The van der Waals surface area contributed by atoms with Crippen molar-refractivity contribution in [1.29, 1.82) is 0 Å². The van der Waals surface area contributed by atoms with E-state index in [0.29, 0.717) is 36.0 Å². The van der Waals surface area contributed by atoms with Crippen molar-refractivity contribution in [3.05, 3.63) is 118 Å². The molecule has 336 valence electrons. The lowest BCUT2D eigenvalue weighted by Gasteiger charge is -2.51. The van der Waals surface area contributed by atoms with Crippen LogP contribution in [0.3, 0.4) is 0 Å². The number of esters is 2. The summed E-state index contributed by atoms with van der Waals surface area (Å²) in [5, 5.41) is 0.119. The quantitative estimate of drug-likeness (QED) is 0.109. The van der Waals surface area contributed by atoms with E-state index in [-0.39, 0.29) is 73.3 Å². The minimum absolute atomic E-state index is 0.0250. The van der Waals surface area contributed by atoms with Crippen LogP contribution in [-0.2, 0) is 48.7 Å². The molecule has 0 bridgehead atoms. The maximum Gasteiger partial charge on any atom is 0.471 e. The van der Waals surface area contributed by atoms with Crippen molar-refractivity contribution in [3.8, 4) is 11.5 Å². The normalized spacial score (nSPS) is 22.6. The molecule has 13 heteroatoms. The number of aryl methyl sites for hydroxylation is 1. The van der Waals surface area contributed by atoms with Gasteiger partial charge in [0, 0.05) is 34.6 Å². The first kappa shape index (κ1) is 45.9. The van der Waals surface area contributed by atoms with Gasteiger partial charge in [0.1, 0.15) is 23.6 Å². The first-order chi connectivity index (χ1) is 30.1. The third-order valence-corrected chi connectivity index (χ3v) is 13.7. The van der Waals surface area contributed by atoms with Gasteiger partial charge in [0.05, 0.1) is 19.8 Å². The maximum atomic E-state index is 14.5. The Hall–Kier alpha value is -5.10. The highest BCUT2D eigenvalue weighted by Gasteiger charge is 2.60. The van der Waals surface area contributed by atoms with E-state index in [9.17, 15) is 27.6 Å². The van der Waals surface area contributed by atoms with E-state index in [1.165, 1.54) is 29.8 Å². The highest BCUT2D eigenvalue weighted by atomic mass is 35.5. The predicted molar refractivity (Wildman–Crippen MR) is 234 cm³/mol. The summed E-state index contributed by atoms with van der Waals surface area (Å²) in [5.41, 5.74) is 2.59. The van der Waals surface area contributed by atoms with Crippen molar-refractivity contribution >= 4 is 35.1 Å². The monoisotopic (exact) mass is 888 g/mol. The number of anilines is 1. The zero-order chi connectivity index (χ0) is 44.9. The molecule has 3 aliphatic rings. The van der Waals surface area contributed by atoms with Crippen molar-refractivity contribution in [3.63, 3.8) is 0 Å². The molecule has 4 atom stereocenters. The second-order valence-electron chi connectivity index (χ2n) is 17.7. The Balaban J connectivity index is 1.15. The molecule has 3 aliphatic carbocycles. The fraction of sp³-hybridized carbons (Fsp3) is 0.480. The van der Waals surface area contributed by atoms with E-state index >= 15 is 0 Å². The molecule has 1 amide bonds. The lowest BCUT2D eigenvalue weighted by atomic mass is 9.59. The van der Waals surface area contributed by atoms with Crippen molar-refractivity contribution < 1.29 is 46.5 Å². The van der Waals surface area contributed by atoms with Crippen LogP contribution in [0.25, 0.3) is 0 Å². The van der Waals surface area contributed by atoms with Crippen LogP contribution in [0, 0.1) is 11.8 Å². The standard InChI is InChI=1S/C50H56ClF3N2O7/c1-32(30-61-43-20-25-55-42-15-8-10-33(2)45(42)43)26-37-27-36-17-18-40(63-34(3)16-19-44(57)62-31-35-11-6-5-7-12-35)29-41(36)48(37)21-23-49(24-22-48,47(59)60-4)56(46(58)50(52,53)54)39-14-9-13-38(51)28-39/h5-7,9,11-14,17-18,20,25,28-29,32-34,37H,8,10,15-16,19,21-24,26-27,30-31H2,1-4H3/t32-,33-,34?,37+,48?,49?/m1/s1. The summed E-state index contributed by atoms with van der Waals surface area (Å²) in [7, 11) is 1.13. The molecule has 9 nitrogen and oxygen atoms in total. The molecule has 0 radical (unpaired) electrons. The third-order valence-electron chi connectivity index (χ3n) is 13.5. The first-order valence-electron chi connectivity index (χ1n) is 22.0. The number of aromatic nitrogens is 1. The number of fused-ring (bicyclic) bond motifs is 3. The fourth-order valence-corrected chi connectivity index (χ4v) is 10.5. The van der Waals surface area contributed by atoms with Crippen LogP contribution >= 0.6 is 11.6 Å². The van der Waals surface area contributed by atoms with Crippen molar-refractivity contribution in [2.75, 3.05) is 18.6 Å². The molecule has 1 unspecified atom stereocenters. The number of nitrogens with zero attached hydrogens (tertiary/aromatic N) is 2. The highest BCUT2D eigenvalue weighted by Crippen LogP contribution is 2.58. The summed E-state index contributed by atoms with van der Waals surface area (Å²) in [6, 6.07) is 23.0. The van der Waals surface area contributed by atoms with Gasteiger partial charge in [0.15, 0.2) is 0 Å². The topological polar surface area (TPSA) is 104 Å². The van der Waals surface area contributed by atoms with Gasteiger partial charge < -0.3 is 18.9 Å². The minimum atomic E-state index is -5.29. The molecule has 7 rings (SSSR count). The molecule has 1 saturated carbocycles. The number of pyridine rings is 1. The highest BCUT2D eigenvalue weighted by molar-refractivity contribution is 6.31. The summed E-state index contributed by atoms with van der Waals surface area (Å²) in [6.45, 7) is 6.91. The van der Waals surface area contributed by atoms with E-state index in [1.54, 1.807) is 0 Å². The number of methoxy groups -OCH3 is 1. The van der Waals surface area contributed by atoms with Crippen LogP contribution in [0.5, 0.6) is 11.5 Å². The van der Waals surface area contributed by atoms with E-state index < -0.39 is 29.0 Å². The fourth-order valence-electron chi connectivity index (χ4n) is 10.3. The molecule has 0 aliphatic heterocycles. The lowest BCUT2D eigenvalue weighted by molar-refractivity contribution is -0.174. The van der Waals surface area contributed by atoms with Crippen molar-refractivity contribution in [2.24, 2.45) is 11.8 Å². The second-order valence-corrected chi connectivity index (χ2v) is 18.2. The summed E-state index contributed by atoms with van der Waals surface area (Å²) in [6.07, 6.45) is 1.70. The average Bonchev–Trinajstić information content (AvgIpc) is 3.55. The Bertz CT molecular complexity index is 2260. The average molecular weight is 889 g/mol. The third kappa shape index (κ3) is 10.0. The number of benzene rings is 3. The summed E-state index contributed by atoms with van der Waals surface area (Å²) in [4.78, 5) is 45.3. The van der Waals surface area contributed by atoms with Gasteiger partial charge in [-0.25, -0.2) is 4.79 Å². The molecule has 4 aromatic rings. The molecule has 1 heterocycles. The van der Waals surface area contributed by atoms with E-state index in [4.69, 9.17) is 30.5 Å². The lowest BCUT2D eigenvalue weighted by Crippen LogP contribution is -2.63. The van der Waals surface area contributed by atoms with Gasteiger partial charge in [0.25, 0.3) is 0 Å². The zero-order valence-corrected chi connectivity index (χ0v) is 37.1. The van der Waals surface area contributed by atoms with Gasteiger partial charge in [-0.3, -0.25) is 19.5 Å².